The number of alkyl halides is 6. The molecule has 0 aliphatic carbocycles. The maximum absolute atomic E-state index is 13.7. The summed E-state index contributed by atoms with van der Waals surface area (Å²) in [6.45, 7) is 0.855. The van der Waals surface area contributed by atoms with Crippen molar-refractivity contribution >= 4 is 12.4 Å². The van der Waals surface area contributed by atoms with Gasteiger partial charge in [-0.05, 0) is 17.7 Å². The van der Waals surface area contributed by atoms with Gasteiger partial charge in [0.25, 0.3) is 0 Å². The molecular weight excluding hydrogens is 369 g/mol. The number of piperazine rings is 1. The van der Waals surface area contributed by atoms with Crippen LogP contribution < -0.4 is 10.1 Å². The Hall–Kier alpha value is -1.26. The first kappa shape index (κ1) is 20.8. The molecule has 0 saturated carbocycles. The fourth-order valence-electron chi connectivity index (χ4n) is 2.44. The van der Waals surface area contributed by atoms with E-state index in [-0.39, 0.29) is 25.5 Å². The predicted molar refractivity (Wildman–Crippen MR) is 73.6 cm³/mol. The third-order valence-electron chi connectivity index (χ3n) is 3.32. The van der Waals surface area contributed by atoms with Gasteiger partial charge >= 0.3 is 12.5 Å². The SMILES string of the molecule is Cl.Fc1cc([C@H](N2CCNCC2)C(F)(F)F)ccc1OC(F)(F)F. The van der Waals surface area contributed by atoms with Gasteiger partial charge in [-0.1, -0.05) is 6.07 Å². The number of rotatable bonds is 3. The highest BCUT2D eigenvalue weighted by Crippen LogP contribution is 2.39. The van der Waals surface area contributed by atoms with Gasteiger partial charge in [-0.3, -0.25) is 4.90 Å². The van der Waals surface area contributed by atoms with Crippen LogP contribution >= 0.6 is 12.4 Å². The second-order valence-electron chi connectivity index (χ2n) is 4.97. The molecule has 1 aliphatic heterocycles. The highest BCUT2D eigenvalue weighted by Gasteiger charge is 2.45. The van der Waals surface area contributed by atoms with E-state index in [1.165, 1.54) is 0 Å². The molecule has 1 N–H and O–H groups in total. The van der Waals surface area contributed by atoms with Gasteiger partial charge in [0.1, 0.15) is 6.04 Å². The zero-order chi connectivity index (χ0) is 17.3. The van der Waals surface area contributed by atoms with Crippen LogP contribution in [0.25, 0.3) is 0 Å². The average Bonchev–Trinajstić information content (AvgIpc) is 2.40. The number of hydrogen-bond acceptors (Lipinski definition) is 3. The zero-order valence-electron chi connectivity index (χ0n) is 12.0. The van der Waals surface area contributed by atoms with E-state index in [2.05, 4.69) is 10.1 Å². The van der Waals surface area contributed by atoms with Crippen molar-refractivity contribution in [3.8, 4) is 5.75 Å². The molecule has 1 heterocycles. The smallest absolute Gasteiger partial charge is 0.403 e. The third kappa shape index (κ3) is 5.38. The van der Waals surface area contributed by atoms with E-state index in [9.17, 15) is 30.7 Å². The Morgan fingerprint density at radius 2 is 1.62 bits per heavy atom. The van der Waals surface area contributed by atoms with Crippen molar-refractivity contribution in [2.24, 2.45) is 0 Å². The van der Waals surface area contributed by atoms with Crippen molar-refractivity contribution in [2.75, 3.05) is 26.2 Å². The summed E-state index contributed by atoms with van der Waals surface area (Å²) in [5, 5.41) is 2.89. The molecule has 11 heteroatoms. The van der Waals surface area contributed by atoms with Crippen LogP contribution in [-0.2, 0) is 0 Å². The molecule has 24 heavy (non-hydrogen) atoms. The third-order valence-corrected chi connectivity index (χ3v) is 3.32. The van der Waals surface area contributed by atoms with Crippen LogP contribution in [0.4, 0.5) is 30.7 Å². The molecule has 0 spiro atoms. The second kappa shape index (κ2) is 7.75. The number of halogens is 8. The molecule has 3 nitrogen and oxygen atoms in total. The maximum Gasteiger partial charge on any atom is 0.573 e. The van der Waals surface area contributed by atoms with Gasteiger partial charge in [-0.25, -0.2) is 4.39 Å². The van der Waals surface area contributed by atoms with Crippen LogP contribution in [-0.4, -0.2) is 43.6 Å². The van der Waals surface area contributed by atoms with Gasteiger partial charge in [0.2, 0.25) is 0 Å². The van der Waals surface area contributed by atoms with Crippen molar-refractivity contribution in [1.82, 2.24) is 10.2 Å². The fourth-order valence-corrected chi connectivity index (χ4v) is 2.44. The molecule has 1 aliphatic rings. The summed E-state index contributed by atoms with van der Waals surface area (Å²) in [5.74, 6) is -2.66. The topological polar surface area (TPSA) is 24.5 Å². The standard InChI is InChI=1S/C13H13F7N2O.ClH/c14-9-7-8(1-2-10(9)23-13(18,19)20)11(12(15,16)17)22-5-3-21-4-6-22;/h1-2,7,11,21H,3-6H2;1H/t11-;/m0./s1. The fraction of sp³-hybridized carbons (Fsp3) is 0.538. The van der Waals surface area contributed by atoms with E-state index in [1.807, 2.05) is 0 Å². The van der Waals surface area contributed by atoms with Gasteiger partial charge in [0, 0.05) is 26.2 Å². The molecular formula is C13H14ClF7N2O. The molecule has 1 fully saturated rings. The minimum Gasteiger partial charge on any atom is -0.403 e. The average molecular weight is 383 g/mol. The van der Waals surface area contributed by atoms with Gasteiger partial charge in [-0.15, -0.1) is 25.6 Å². The molecule has 0 radical (unpaired) electrons. The van der Waals surface area contributed by atoms with Crippen LogP contribution in [0, 0.1) is 5.82 Å². The monoisotopic (exact) mass is 382 g/mol. The first-order chi connectivity index (χ1) is 10.6. The minimum absolute atomic E-state index is 0. The van der Waals surface area contributed by atoms with Gasteiger partial charge in [0.05, 0.1) is 0 Å². The predicted octanol–water partition coefficient (Wildman–Crippen LogP) is 3.65. The molecule has 0 bridgehead atoms. The number of hydrogen-bond donors (Lipinski definition) is 1. The molecule has 0 unspecified atom stereocenters. The Morgan fingerprint density at radius 1 is 1.04 bits per heavy atom. The van der Waals surface area contributed by atoms with E-state index in [4.69, 9.17) is 0 Å². The van der Waals surface area contributed by atoms with E-state index >= 15 is 0 Å². The summed E-state index contributed by atoms with van der Waals surface area (Å²) < 4.78 is 93.2. The molecule has 2 rings (SSSR count). The molecule has 0 amide bonds. The second-order valence-corrected chi connectivity index (χ2v) is 4.97. The van der Waals surface area contributed by atoms with E-state index in [0.717, 1.165) is 11.0 Å². The van der Waals surface area contributed by atoms with Gasteiger partial charge in [0.15, 0.2) is 11.6 Å². The van der Waals surface area contributed by atoms with E-state index < -0.39 is 35.7 Å². The Balaban J connectivity index is 0.00000288. The van der Waals surface area contributed by atoms with Crippen LogP contribution in [0.5, 0.6) is 5.75 Å². The lowest BCUT2D eigenvalue weighted by molar-refractivity contribution is -0.275. The normalized spacial score (nSPS) is 18.0. The van der Waals surface area contributed by atoms with E-state index in [0.29, 0.717) is 25.2 Å². The number of ether oxygens (including phenoxy) is 1. The first-order valence-electron chi connectivity index (χ1n) is 6.64. The summed E-state index contributed by atoms with van der Waals surface area (Å²) >= 11 is 0. The lowest BCUT2D eigenvalue weighted by Crippen LogP contribution is -2.49. The zero-order valence-corrected chi connectivity index (χ0v) is 12.9. The Bertz CT molecular complexity index is 544. The maximum atomic E-state index is 13.7. The van der Waals surface area contributed by atoms with Gasteiger partial charge in [-0.2, -0.15) is 13.2 Å². The number of nitrogens with one attached hydrogen (secondary N) is 1. The van der Waals surface area contributed by atoms with Crippen LogP contribution in [0.1, 0.15) is 11.6 Å². The Labute approximate surface area is 139 Å². The van der Waals surface area contributed by atoms with Crippen molar-refractivity contribution in [3.63, 3.8) is 0 Å². The minimum atomic E-state index is -5.12. The first-order valence-corrected chi connectivity index (χ1v) is 6.64. The van der Waals surface area contributed by atoms with Crippen molar-refractivity contribution < 1.29 is 35.5 Å². The quantitative estimate of drug-likeness (QED) is 0.808. The van der Waals surface area contributed by atoms with Crippen molar-refractivity contribution in [3.05, 3.63) is 29.6 Å². The molecule has 1 aromatic carbocycles. The lowest BCUT2D eigenvalue weighted by Gasteiger charge is -2.36. The molecule has 138 valence electrons. The molecule has 1 atom stereocenters. The van der Waals surface area contributed by atoms with Crippen molar-refractivity contribution in [1.29, 1.82) is 0 Å². The van der Waals surface area contributed by atoms with Crippen LogP contribution in [0.15, 0.2) is 18.2 Å². The summed E-state index contributed by atoms with van der Waals surface area (Å²) in [5.41, 5.74) is -0.466. The lowest BCUT2D eigenvalue weighted by atomic mass is 10.0. The van der Waals surface area contributed by atoms with Crippen LogP contribution in [0.3, 0.4) is 0 Å². The molecule has 1 saturated heterocycles. The number of benzene rings is 1. The number of nitrogens with zero attached hydrogens (tertiary/aromatic N) is 1. The summed E-state index contributed by atoms with van der Waals surface area (Å²) in [6, 6.07) is -0.302. The summed E-state index contributed by atoms with van der Waals surface area (Å²) in [6.07, 6.45) is -9.81. The summed E-state index contributed by atoms with van der Waals surface area (Å²) in [4.78, 5) is 1.11. The van der Waals surface area contributed by atoms with E-state index in [1.54, 1.807) is 0 Å². The molecule has 1 aromatic rings. The van der Waals surface area contributed by atoms with Crippen LogP contribution in [0.2, 0.25) is 0 Å². The largest absolute Gasteiger partial charge is 0.573 e. The Morgan fingerprint density at radius 3 is 2.08 bits per heavy atom. The summed E-state index contributed by atoms with van der Waals surface area (Å²) in [7, 11) is 0. The Kier molecular flexibility index (Phi) is 6.71. The highest BCUT2D eigenvalue weighted by molar-refractivity contribution is 5.85. The van der Waals surface area contributed by atoms with Gasteiger partial charge < -0.3 is 10.1 Å². The van der Waals surface area contributed by atoms with Crippen molar-refractivity contribution in [2.45, 2.75) is 18.6 Å². The molecule has 0 aromatic heterocycles. The highest BCUT2D eigenvalue weighted by atomic mass is 35.5.